The van der Waals surface area contributed by atoms with Gasteiger partial charge in [0.2, 0.25) is 0 Å². The van der Waals surface area contributed by atoms with Crippen molar-refractivity contribution >= 4 is 50.0 Å². The average Bonchev–Trinajstić information content (AvgIpc) is 3.28. The van der Waals surface area contributed by atoms with Gasteiger partial charge in [0.15, 0.2) is 10.9 Å². The number of thioether (sulfide) groups is 1. The fraction of sp³-hybridized carbons (Fsp3) is 0.292. The molecule has 31 heavy (non-hydrogen) atoms. The molecule has 3 heterocycles. The minimum atomic E-state index is -0.00802. The molecule has 7 heteroatoms. The maximum atomic E-state index is 13.4. The number of H-pyrrole nitrogens is 1. The summed E-state index contributed by atoms with van der Waals surface area (Å²) in [5, 5.41) is 2.28. The third-order valence-corrected chi connectivity index (χ3v) is 7.99. The second-order valence-corrected chi connectivity index (χ2v) is 9.83. The summed E-state index contributed by atoms with van der Waals surface area (Å²) >= 11 is 2.98. The summed E-state index contributed by atoms with van der Waals surface area (Å²) in [5.74, 6) is 0.242. The molecule has 1 aromatic carbocycles. The molecule has 0 fully saturated rings. The Labute approximate surface area is 188 Å². The minimum absolute atomic E-state index is 0.00802. The molecule has 3 aromatic heterocycles. The highest BCUT2D eigenvalue weighted by atomic mass is 32.2. The number of aromatic nitrogens is 3. The number of benzene rings is 1. The predicted molar refractivity (Wildman–Crippen MR) is 129 cm³/mol. The molecule has 0 bridgehead atoms. The van der Waals surface area contributed by atoms with Crippen molar-refractivity contribution in [1.29, 1.82) is 0 Å². The van der Waals surface area contributed by atoms with Crippen molar-refractivity contribution in [2.75, 3.05) is 5.75 Å². The van der Waals surface area contributed by atoms with Gasteiger partial charge in [-0.05, 0) is 37.3 Å². The van der Waals surface area contributed by atoms with Crippen molar-refractivity contribution in [2.45, 2.75) is 43.8 Å². The summed E-state index contributed by atoms with van der Waals surface area (Å²) in [6, 6.07) is 7.77. The summed E-state index contributed by atoms with van der Waals surface area (Å²) in [6.07, 6.45) is 8.95. The van der Waals surface area contributed by atoms with E-state index in [2.05, 4.69) is 11.6 Å². The Morgan fingerprint density at radius 2 is 2.10 bits per heavy atom. The molecule has 0 saturated carbocycles. The summed E-state index contributed by atoms with van der Waals surface area (Å²) in [4.78, 5) is 36.5. The van der Waals surface area contributed by atoms with Crippen molar-refractivity contribution in [2.24, 2.45) is 0 Å². The number of nitrogens with one attached hydrogen (secondary N) is 1. The molecule has 1 aliphatic carbocycles. The molecule has 0 amide bonds. The first-order valence-electron chi connectivity index (χ1n) is 10.6. The molecule has 1 N–H and O–H groups in total. The predicted octanol–water partition coefficient (Wildman–Crippen LogP) is 5.37. The van der Waals surface area contributed by atoms with Gasteiger partial charge >= 0.3 is 0 Å². The minimum Gasteiger partial charge on any atom is -0.360 e. The van der Waals surface area contributed by atoms with Crippen LogP contribution in [0.25, 0.3) is 21.1 Å². The van der Waals surface area contributed by atoms with Crippen molar-refractivity contribution in [3.8, 4) is 0 Å². The van der Waals surface area contributed by atoms with Gasteiger partial charge in [0.05, 0.1) is 11.1 Å². The van der Waals surface area contributed by atoms with E-state index in [1.807, 2.05) is 24.3 Å². The maximum Gasteiger partial charge on any atom is 0.263 e. The van der Waals surface area contributed by atoms with Crippen LogP contribution in [0.1, 0.15) is 40.1 Å². The highest BCUT2D eigenvalue weighted by molar-refractivity contribution is 7.99. The quantitative estimate of drug-likeness (QED) is 0.141. The Morgan fingerprint density at radius 3 is 2.97 bits per heavy atom. The SMILES string of the molecule is C=CCn1c(SCC(=O)c2c[nH]c3ccccc23)nc2sc3c(c2c1=O)CCCCC3. The van der Waals surface area contributed by atoms with Gasteiger partial charge in [-0.2, -0.15) is 0 Å². The van der Waals surface area contributed by atoms with Crippen molar-refractivity contribution in [1.82, 2.24) is 14.5 Å². The van der Waals surface area contributed by atoms with Gasteiger partial charge in [-0.25, -0.2) is 4.98 Å². The smallest absolute Gasteiger partial charge is 0.263 e. The zero-order valence-electron chi connectivity index (χ0n) is 17.1. The molecule has 0 spiro atoms. The van der Waals surface area contributed by atoms with E-state index in [1.165, 1.54) is 35.0 Å². The number of hydrogen-bond acceptors (Lipinski definition) is 5. The molecule has 158 valence electrons. The topological polar surface area (TPSA) is 67.8 Å². The number of carbonyl (C=O) groups is 1. The van der Waals surface area contributed by atoms with Crippen LogP contribution in [0.15, 0.2) is 53.1 Å². The van der Waals surface area contributed by atoms with E-state index in [9.17, 15) is 9.59 Å². The van der Waals surface area contributed by atoms with Gasteiger partial charge in [-0.1, -0.05) is 42.5 Å². The number of aromatic amines is 1. The first-order chi connectivity index (χ1) is 15.2. The van der Waals surface area contributed by atoms with E-state index in [4.69, 9.17) is 4.98 Å². The highest BCUT2D eigenvalue weighted by Gasteiger charge is 2.22. The molecule has 5 nitrogen and oxygen atoms in total. The lowest BCUT2D eigenvalue weighted by molar-refractivity contribution is 0.102. The Kier molecular flexibility index (Phi) is 5.54. The number of rotatable bonds is 6. The van der Waals surface area contributed by atoms with Crippen LogP contribution in [0.2, 0.25) is 0 Å². The zero-order valence-corrected chi connectivity index (χ0v) is 18.8. The van der Waals surface area contributed by atoms with Gasteiger partial charge in [0, 0.05) is 34.1 Å². The van der Waals surface area contributed by atoms with Crippen molar-refractivity contribution in [3.63, 3.8) is 0 Å². The largest absolute Gasteiger partial charge is 0.360 e. The van der Waals surface area contributed by atoms with Crippen LogP contribution in [0.5, 0.6) is 0 Å². The van der Waals surface area contributed by atoms with Gasteiger partial charge in [0.25, 0.3) is 5.56 Å². The summed E-state index contributed by atoms with van der Waals surface area (Å²) in [7, 11) is 0. The molecule has 0 atom stereocenters. The van der Waals surface area contributed by atoms with Crippen LogP contribution >= 0.6 is 23.1 Å². The summed E-state index contributed by atoms with van der Waals surface area (Å²) in [6.45, 7) is 4.20. The number of ketones is 1. The van der Waals surface area contributed by atoms with Gasteiger partial charge in [-0.3, -0.25) is 14.2 Å². The summed E-state index contributed by atoms with van der Waals surface area (Å²) < 4.78 is 1.67. The Balaban J connectivity index is 1.50. The fourth-order valence-corrected chi connectivity index (χ4v) is 6.50. The lowest BCUT2D eigenvalue weighted by Crippen LogP contribution is -2.23. The zero-order chi connectivity index (χ0) is 21.4. The van der Waals surface area contributed by atoms with E-state index >= 15 is 0 Å². The Morgan fingerprint density at radius 1 is 1.26 bits per heavy atom. The third kappa shape index (κ3) is 3.66. The van der Waals surface area contributed by atoms with E-state index in [0.29, 0.717) is 17.3 Å². The van der Waals surface area contributed by atoms with E-state index < -0.39 is 0 Å². The van der Waals surface area contributed by atoms with E-state index in [0.717, 1.165) is 40.4 Å². The van der Waals surface area contributed by atoms with Gasteiger partial charge in [0.1, 0.15) is 4.83 Å². The molecular weight excluding hydrogens is 426 g/mol. The number of Topliss-reactive ketones (excluding diaryl/α,β-unsaturated/α-hetero) is 1. The average molecular weight is 450 g/mol. The number of thiophene rings is 1. The highest BCUT2D eigenvalue weighted by Crippen LogP contribution is 2.34. The summed E-state index contributed by atoms with van der Waals surface area (Å²) in [5.41, 5.74) is 2.80. The molecule has 5 rings (SSSR count). The number of fused-ring (bicyclic) bond motifs is 4. The number of nitrogens with zero attached hydrogens (tertiary/aromatic N) is 2. The lowest BCUT2D eigenvalue weighted by atomic mass is 10.1. The number of hydrogen-bond donors (Lipinski definition) is 1. The monoisotopic (exact) mass is 449 g/mol. The molecule has 4 aromatic rings. The molecule has 0 radical (unpaired) electrons. The molecule has 0 saturated heterocycles. The van der Waals surface area contributed by atoms with Crippen molar-refractivity contribution in [3.05, 3.63) is 69.5 Å². The Hall–Kier alpha value is -2.64. The number of carbonyl (C=O) groups excluding carboxylic acids is 1. The fourth-order valence-electron chi connectivity index (χ4n) is 4.31. The first kappa shape index (κ1) is 20.3. The van der Waals surface area contributed by atoms with Crippen LogP contribution in [-0.2, 0) is 19.4 Å². The van der Waals surface area contributed by atoms with E-state index in [-0.39, 0.29) is 17.1 Å². The first-order valence-corrected chi connectivity index (χ1v) is 12.4. The molecule has 0 unspecified atom stereocenters. The second kappa shape index (κ2) is 8.48. The lowest BCUT2D eigenvalue weighted by Gasteiger charge is -2.10. The number of para-hydroxylation sites is 1. The molecular formula is C24H23N3O2S2. The standard InChI is InChI=1S/C24H23N3O2S2/c1-2-12-27-23(29)21-16-9-4-3-5-11-20(16)31-22(21)26-24(27)30-14-19(28)17-13-25-18-10-7-6-8-15(17)18/h2,6-8,10,13,25H,1,3-5,9,11-12,14H2. The second-order valence-electron chi connectivity index (χ2n) is 7.80. The van der Waals surface area contributed by atoms with Crippen LogP contribution < -0.4 is 5.56 Å². The van der Waals surface area contributed by atoms with Crippen molar-refractivity contribution < 1.29 is 4.79 Å². The van der Waals surface area contributed by atoms with Crippen LogP contribution in [0, 0.1) is 0 Å². The van der Waals surface area contributed by atoms with Gasteiger partial charge < -0.3 is 4.98 Å². The van der Waals surface area contributed by atoms with Gasteiger partial charge in [-0.15, -0.1) is 17.9 Å². The number of aryl methyl sites for hydroxylation is 2. The molecule has 1 aliphatic rings. The van der Waals surface area contributed by atoms with E-state index in [1.54, 1.807) is 28.2 Å². The number of allylic oxidation sites excluding steroid dienone is 1. The van der Waals surface area contributed by atoms with Crippen LogP contribution in [0.3, 0.4) is 0 Å². The molecule has 0 aliphatic heterocycles. The third-order valence-electron chi connectivity index (χ3n) is 5.82. The van der Waals surface area contributed by atoms with Crippen LogP contribution in [0.4, 0.5) is 0 Å². The van der Waals surface area contributed by atoms with Crippen LogP contribution in [-0.4, -0.2) is 26.1 Å². The normalized spacial score (nSPS) is 13.9. The maximum absolute atomic E-state index is 13.4. The Bertz CT molecular complexity index is 1360.